The first-order valence-electron chi connectivity index (χ1n) is 5.73. The second-order valence-corrected chi connectivity index (χ2v) is 4.09. The summed E-state index contributed by atoms with van der Waals surface area (Å²) in [5, 5.41) is 0. The van der Waals surface area contributed by atoms with E-state index in [1.165, 1.54) is 24.8 Å². The lowest BCUT2D eigenvalue weighted by Gasteiger charge is -2.08. The number of ether oxygens (including phenoxy) is 1. The van der Waals surface area contributed by atoms with E-state index in [4.69, 9.17) is 4.74 Å². The Kier molecular flexibility index (Phi) is 3.98. The van der Waals surface area contributed by atoms with Crippen LogP contribution in [0.25, 0.3) is 0 Å². The van der Waals surface area contributed by atoms with Gasteiger partial charge in [-0.05, 0) is 30.7 Å². The number of hydrogen-bond acceptors (Lipinski definition) is 1. The summed E-state index contributed by atoms with van der Waals surface area (Å²) in [6.07, 6.45) is 8.34. The van der Waals surface area contributed by atoms with Crippen molar-refractivity contribution in [1.29, 1.82) is 0 Å². The molecule has 1 nitrogen and oxygen atoms in total. The molecule has 1 aromatic rings. The van der Waals surface area contributed by atoms with E-state index in [1.54, 1.807) is 0 Å². The summed E-state index contributed by atoms with van der Waals surface area (Å²) in [6, 6.07) is 10.4. The first-order valence-corrected chi connectivity index (χ1v) is 5.73. The Balaban J connectivity index is 1.61. The van der Waals surface area contributed by atoms with Crippen molar-refractivity contribution in [2.75, 3.05) is 6.61 Å². The van der Waals surface area contributed by atoms with Crippen LogP contribution in [0.3, 0.4) is 0 Å². The van der Waals surface area contributed by atoms with Crippen LogP contribution in [-0.2, 0) is 11.3 Å². The molecule has 80 valence electrons. The SMILES string of the molecule is C1=CC(CCOCc2ccccc2)CC1. The number of benzene rings is 1. The summed E-state index contributed by atoms with van der Waals surface area (Å²) < 4.78 is 5.65. The van der Waals surface area contributed by atoms with Gasteiger partial charge in [0.25, 0.3) is 0 Å². The highest BCUT2D eigenvalue weighted by atomic mass is 16.5. The quantitative estimate of drug-likeness (QED) is 0.524. The highest BCUT2D eigenvalue weighted by Gasteiger charge is 2.08. The Labute approximate surface area is 91.8 Å². The molecular formula is C14H18O. The van der Waals surface area contributed by atoms with E-state index in [-0.39, 0.29) is 0 Å². The summed E-state index contributed by atoms with van der Waals surface area (Å²) in [7, 11) is 0. The molecule has 1 unspecified atom stereocenters. The van der Waals surface area contributed by atoms with Crippen LogP contribution < -0.4 is 0 Å². The van der Waals surface area contributed by atoms with Gasteiger partial charge >= 0.3 is 0 Å². The second-order valence-electron chi connectivity index (χ2n) is 4.09. The van der Waals surface area contributed by atoms with Crippen LogP contribution in [-0.4, -0.2) is 6.61 Å². The molecule has 1 aromatic carbocycles. The van der Waals surface area contributed by atoms with Crippen molar-refractivity contribution in [2.45, 2.75) is 25.9 Å². The van der Waals surface area contributed by atoms with Crippen molar-refractivity contribution in [3.8, 4) is 0 Å². The van der Waals surface area contributed by atoms with E-state index in [1.807, 2.05) is 6.07 Å². The first kappa shape index (κ1) is 10.4. The maximum absolute atomic E-state index is 5.65. The molecular weight excluding hydrogens is 184 g/mol. The standard InChI is InChI=1S/C14H18O/c1-2-8-14(9-3-1)12-15-11-10-13-6-4-5-7-13/h1-4,6,8-9,13H,5,7,10-12H2. The zero-order chi connectivity index (χ0) is 10.3. The van der Waals surface area contributed by atoms with Gasteiger partial charge in [-0.2, -0.15) is 0 Å². The van der Waals surface area contributed by atoms with E-state index in [2.05, 4.69) is 36.4 Å². The predicted molar refractivity (Wildman–Crippen MR) is 62.6 cm³/mol. The lowest BCUT2D eigenvalue weighted by Crippen LogP contribution is -2.01. The van der Waals surface area contributed by atoms with E-state index in [0.29, 0.717) is 0 Å². The van der Waals surface area contributed by atoms with Crippen LogP contribution >= 0.6 is 0 Å². The van der Waals surface area contributed by atoms with Gasteiger partial charge in [0.1, 0.15) is 0 Å². The topological polar surface area (TPSA) is 9.23 Å². The van der Waals surface area contributed by atoms with Crippen molar-refractivity contribution in [3.63, 3.8) is 0 Å². The molecule has 0 aliphatic heterocycles. The van der Waals surface area contributed by atoms with Crippen molar-refractivity contribution < 1.29 is 4.74 Å². The van der Waals surface area contributed by atoms with E-state index >= 15 is 0 Å². The molecule has 0 aromatic heterocycles. The summed E-state index contributed by atoms with van der Waals surface area (Å²) in [6.45, 7) is 1.63. The molecule has 0 spiro atoms. The largest absolute Gasteiger partial charge is 0.377 e. The molecule has 1 heteroatoms. The molecule has 0 saturated carbocycles. The Morgan fingerprint density at radius 1 is 1.20 bits per heavy atom. The molecule has 0 N–H and O–H groups in total. The fourth-order valence-corrected chi connectivity index (χ4v) is 1.93. The Morgan fingerprint density at radius 3 is 2.80 bits per heavy atom. The van der Waals surface area contributed by atoms with Gasteiger partial charge in [0, 0.05) is 6.61 Å². The average Bonchev–Trinajstić information content (AvgIpc) is 2.79. The molecule has 0 saturated heterocycles. The van der Waals surface area contributed by atoms with Crippen molar-refractivity contribution in [2.24, 2.45) is 5.92 Å². The minimum atomic E-state index is 0.747. The molecule has 0 bridgehead atoms. The summed E-state index contributed by atoms with van der Waals surface area (Å²) in [5.74, 6) is 0.765. The van der Waals surface area contributed by atoms with Crippen molar-refractivity contribution in [3.05, 3.63) is 48.0 Å². The minimum absolute atomic E-state index is 0.747. The lowest BCUT2D eigenvalue weighted by atomic mass is 10.1. The van der Waals surface area contributed by atoms with Crippen LogP contribution in [0.1, 0.15) is 24.8 Å². The Bertz CT molecular complexity index is 302. The predicted octanol–water partition coefficient (Wildman–Crippen LogP) is 3.56. The fraction of sp³-hybridized carbons (Fsp3) is 0.429. The van der Waals surface area contributed by atoms with Gasteiger partial charge in [0.15, 0.2) is 0 Å². The third-order valence-corrected chi connectivity index (χ3v) is 2.86. The van der Waals surface area contributed by atoms with Gasteiger partial charge in [-0.15, -0.1) is 0 Å². The van der Waals surface area contributed by atoms with Crippen LogP contribution in [0.2, 0.25) is 0 Å². The van der Waals surface area contributed by atoms with E-state index in [0.717, 1.165) is 19.1 Å². The van der Waals surface area contributed by atoms with Gasteiger partial charge in [-0.25, -0.2) is 0 Å². The van der Waals surface area contributed by atoms with Gasteiger partial charge in [0.05, 0.1) is 6.61 Å². The monoisotopic (exact) mass is 202 g/mol. The van der Waals surface area contributed by atoms with Gasteiger partial charge in [-0.1, -0.05) is 42.5 Å². The second kappa shape index (κ2) is 5.72. The van der Waals surface area contributed by atoms with E-state index < -0.39 is 0 Å². The zero-order valence-electron chi connectivity index (χ0n) is 9.06. The normalized spacial score (nSPS) is 19.6. The number of hydrogen-bond donors (Lipinski definition) is 0. The summed E-state index contributed by atoms with van der Waals surface area (Å²) >= 11 is 0. The smallest absolute Gasteiger partial charge is 0.0716 e. The number of allylic oxidation sites excluding steroid dienone is 2. The molecule has 2 rings (SSSR count). The van der Waals surface area contributed by atoms with Crippen molar-refractivity contribution in [1.82, 2.24) is 0 Å². The first-order chi connectivity index (χ1) is 7.45. The van der Waals surface area contributed by atoms with Crippen LogP contribution in [0.4, 0.5) is 0 Å². The highest BCUT2D eigenvalue weighted by molar-refractivity contribution is 5.13. The molecule has 15 heavy (non-hydrogen) atoms. The molecule has 0 fully saturated rings. The van der Waals surface area contributed by atoms with Gasteiger partial charge in [-0.3, -0.25) is 0 Å². The molecule has 0 amide bonds. The molecule has 0 heterocycles. The third-order valence-electron chi connectivity index (χ3n) is 2.86. The Hall–Kier alpha value is -1.08. The average molecular weight is 202 g/mol. The summed E-state index contributed by atoms with van der Waals surface area (Å²) in [4.78, 5) is 0. The molecule has 1 aliphatic rings. The minimum Gasteiger partial charge on any atom is -0.377 e. The van der Waals surface area contributed by atoms with Crippen molar-refractivity contribution >= 4 is 0 Å². The van der Waals surface area contributed by atoms with E-state index in [9.17, 15) is 0 Å². The third kappa shape index (κ3) is 3.52. The lowest BCUT2D eigenvalue weighted by molar-refractivity contribution is 0.111. The molecule has 1 aliphatic carbocycles. The fourth-order valence-electron chi connectivity index (χ4n) is 1.93. The highest BCUT2D eigenvalue weighted by Crippen LogP contribution is 2.20. The van der Waals surface area contributed by atoms with Crippen LogP contribution in [0, 0.1) is 5.92 Å². The molecule has 1 atom stereocenters. The van der Waals surface area contributed by atoms with Gasteiger partial charge < -0.3 is 4.74 Å². The molecule has 0 radical (unpaired) electrons. The number of rotatable bonds is 5. The Morgan fingerprint density at radius 2 is 2.07 bits per heavy atom. The zero-order valence-corrected chi connectivity index (χ0v) is 9.06. The van der Waals surface area contributed by atoms with Gasteiger partial charge in [0.2, 0.25) is 0 Å². The summed E-state index contributed by atoms with van der Waals surface area (Å²) in [5.41, 5.74) is 1.26. The maximum Gasteiger partial charge on any atom is 0.0716 e. The van der Waals surface area contributed by atoms with Crippen LogP contribution in [0.5, 0.6) is 0 Å². The van der Waals surface area contributed by atoms with Crippen LogP contribution in [0.15, 0.2) is 42.5 Å². The maximum atomic E-state index is 5.65.